The minimum atomic E-state index is -0.643. The lowest BCUT2D eigenvalue weighted by molar-refractivity contribution is -0.137. The van der Waals surface area contributed by atoms with Crippen LogP contribution in [0, 0.1) is 6.92 Å². The van der Waals surface area contributed by atoms with Crippen molar-refractivity contribution in [3.8, 4) is 11.5 Å². The number of ether oxygens (including phenoxy) is 2. The number of benzene rings is 2. The van der Waals surface area contributed by atoms with Crippen molar-refractivity contribution >= 4 is 34.9 Å². The van der Waals surface area contributed by atoms with Crippen LogP contribution in [-0.4, -0.2) is 41.9 Å². The fourth-order valence-electron chi connectivity index (χ4n) is 4.54. The standard InChI is InChI=1S/C26H29Cl2NO4/c1-16-5-6-22(19(11-16)25(2,3)4)32-15-23(31)29-9-7-26(8-10-29)14-21(30)18-12-17(27)13-20(28)24(18)33-26/h5-6,11-13H,7-10,14-15H2,1-4H3. The molecule has 7 heteroatoms. The van der Waals surface area contributed by atoms with Crippen LogP contribution in [-0.2, 0) is 10.2 Å². The average molecular weight is 490 g/mol. The molecule has 4 rings (SSSR count). The molecule has 0 radical (unpaired) electrons. The molecule has 1 saturated heterocycles. The van der Waals surface area contributed by atoms with Gasteiger partial charge in [-0.2, -0.15) is 0 Å². The first-order valence-electron chi connectivity index (χ1n) is 11.2. The molecular weight excluding hydrogens is 461 g/mol. The Morgan fingerprint density at radius 3 is 2.52 bits per heavy atom. The number of carbonyl (C=O) groups is 2. The molecule has 0 N–H and O–H groups in total. The highest BCUT2D eigenvalue weighted by Crippen LogP contribution is 2.44. The first kappa shape index (κ1) is 23.9. The number of piperidine rings is 1. The summed E-state index contributed by atoms with van der Waals surface area (Å²) in [5, 5.41) is 0.750. The fraction of sp³-hybridized carbons (Fsp3) is 0.462. The Kier molecular flexibility index (Phi) is 6.41. The lowest BCUT2D eigenvalue weighted by Gasteiger charge is -2.44. The monoisotopic (exact) mass is 489 g/mol. The van der Waals surface area contributed by atoms with Gasteiger partial charge in [-0.15, -0.1) is 0 Å². The molecule has 1 spiro atoms. The number of amides is 1. The number of aryl methyl sites for hydroxylation is 1. The van der Waals surface area contributed by atoms with E-state index in [9.17, 15) is 9.59 Å². The van der Waals surface area contributed by atoms with E-state index in [-0.39, 0.29) is 30.1 Å². The van der Waals surface area contributed by atoms with Gasteiger partial charge in [-0.3, -0.25) is 9.59 Å². The number of hydrogen-bond donors (Lipinski definition) is 0. The van der Waals surface area contributed by atoms with Gasteiger partial charge in [0.2, 0.25) is 0 Å². The Hall–Kier alpha value is -2.24. The Labute approximate surface area is 205 Å². The zero-order valence-corrected chi connectivity index (χ0v) is 21.0. The molecular formula is C26H29Cl2NO4. The number of halogens is 2. The first-order valence-corrected chi connectivity index (χ1v) is 12.0. The summed E-state index contributed by atoms with van der Waals surface area (Å²) in [7, 11) is 0. The molecule has 2 heterocycles. The summed E-state index contributed by atoms with van der Waals surface area (Å²) in [6.45, 7) is 9.41. The van der Waals surface area contributed by atoms with Crippen LogP contribution < -0.4 is 9.47 Å². The maximum absolute atomic E-state index is 12.9. The van der Waals surface area contributed by atoms with Crippen LogP contribution in [0.5, 0.6) is 11.5 Å². The van der Waals surface area contributed by atoms with Crippen molar-refractivity contribution in [3.05, 3.63) is 57.1 Å². The largest absolute Gasteiger partial charge is 0.484 e. The SMILES string of the molecule is Cc1ccc(OCC(=O)N2CCC3(CC2)CC(=O)c2cc(Cl)cc(Cl)c2O3)c(C(C)(C)C)c1. The van der Waals surface area contributed by atoms with E-state index in [0.29, 0.717) is 47.3 Å². The van der Waals surface area contributed by atoms with Crippen LogP contribution in [0.3, 0.4) is 0 Å². The number of fused-ring (bicyclic) bond motifs is 1. The van der Waals surface area contributed by atoms with E-state index < -0.39 is 5.60 Å². The van der Waals surface area contributed by atoms with Gasteiger partial charge in [0.1, 0.15) is 17.1 Å². The van der Waals surface area contributed by atoms with E-state index in [4.69, 9.17) is 32.7 Å². The van der Waals surface area contributed by atoms with E-state index in [1.165, 1.54) is 0 Å². The molecule has 0 bridgehead atoms. The quantitative estimate of drug-likeness (QED) is 0.529. The third kappa shape index (κ3) is 4.99. The molecule has 0 aliphatic carbocycles. The van der Waals surface area contributed by atoms with E-state index in [2.05, 4.69) is 26.8 Å². The molecule has 2 aromatic rings. The predicted molar refractivity (Wildman–Crippen MR) is 130 cm³/mol. The van der Waals surface area contributed by atoms with E-state index in [0.717, 1.165) is 16.9 Å². The van der Waals surface area contributed by atoms with Crippen molar-refractivity contribution in [2.45, 2.75) is 58.0 Å². The van der Waals surface area contributed by atoms with Gasteiger partial charge in [-0.05, 0) is 36.1 Å². The summed E-state index contributed by atoms with van der Waals surface area (Å²) in [5.41, 5.74) is 1.94. The minimum absolute atomic E-state index is 0.0217. The molecule has 2 aromatic carbocycles. The molecule has 1 amide bonds. The van der Waals surface area contributed by atoms with Crippen molar-refractivity contribution in [3.63, 3.8) is 0 Å². The summed E-state index contributed by atoms with van der Waals surface area (Å²) in [6.07, 6.45) is 1.37. The zero-order chi connectivity index (χ0) is 24.0. The van der Waals surface area contributed by atoms with Crippen molar-refractivity contribution in [1.82, 2.24) is 4.90 Å². The second-order valence-corrected chi connectivity index (χ2v) is 10.9. The number of Topliss-reactive ketones (excluding diaryl/α,β-unsaturated/α-hetero) is 1. The fourth-order valence-corrected chi connectivity index (χ4v) is 5.07. The summed E-state index contributed by atoms with van der Waals surface area (Å²) in [6, 6.07) is 9.22. The molecule has 33 heavy (non-hydrogen) atoms. The molecule has 0 unspecified atom stereocenters. The number of ketones is 1. The average Bonchev–Trinajstić information content (AvgIpc) is 2.73. The number of likely N-dealkylation sites (tertiary alicyclic amines) is 1. The van der Waals surface area contributed by atoms with Crippen LogP contribution in [0.1, 0.15) is 61.5 Å². The summed E-state index contributed by atoms with van der Waals surface area (Å²) >= 11 is 12.4. The summed E-state index contributed by atoms with van der Waals surface area (Å²) < 4.78 is 12.2. The molecule has 0 atom stereocenters. The van der Waals surface area contributed by atoms with E-state index in [1.807, 2.05) is 19.1 Å². The molecule has 176 valence electrons. The smallest absolute Gasteiger partial charge is 0.260 e. The molecule has 2 aliphatic heterocycles. The van der Waals surface area contributed by atoms with E-state index in [1.54, 1.807) is 17.0 Å². The van der Waals surface area contributed by atoms with Gasteiger partial charge >= 0.3 is 0 Å². The minimum Gasteiger partial charge on any atom is -0.484 e. The maximum Gasteiger partial charge on any atom is 0.260 e. The zero-order valence-electron chi connectivity index (χ0n) is 19.5. The molecule has 5 nitrogen and oxygen atoms in total. The highest BCUT2D eigenvalue weighted by atomic mass is 35.5. The number of carbonyl (C=O) groups excluding carboxylic acids is 2. The molecule has 0 saturated carbocycles. The van der Waals surface area contributed by atoms with Crippen LogP contribution in [0.15, 0.2) is 30.3 Å². The Morgan fingerprint density at radius 2 is 1.85 bits per heavy atom. The first-order chi connectivity index (χ1) is 15.5. The molecule has 2 aliphatic rings. The normalized spacial score (nSPS) is 17.5. The lowest BCUT2D eigenvalue weighted by Crippen LogP contribution is -2.53. The Balaban J connectivity index is 1.40. The summed E-state index contributed by atoms with van der Waals surface area (Å²) in [5.74, 6) is 1.03. The van der Waals surface area contributed by atoms with Crippen LogP contribution in [0.2, 0.25) is 10.0 Å². The highest BCUT2D eigenvalue weighted by molar-refractivity contribution is 6.36. The van der Waals surface area contributed by atoms with Gasteiger partial charge in [-0.1, -0.05) is 61.7 Å². The van der Waals surface area contributed by atoms with Crippen molar-refractivity contribution in [1.29, 1.82) is 0 Å². The Morgan fingerprint density at radius 1 is 1.15 bits per heavy atom. The van der Waals surface area contributed by atoms with E-state index >= 15 is 0 Å². The second kappa shape index (κ2) is 8.84. The van der Waals surface area contributed by atoms with Gasteiger partial charge in [0.15, 0.2) is 12.4 Å². The van der Waals surface area contributed by atoms with Gasteiger partial charge < -0.3 is 14.4 Å². The van der Waals surface area contributed by atoms with Crippen molar-refractivity contribution in [2.75, 3.05) is 19.7 Å². The second-order valence-electron chi connectivity index (χ2n) is 10.1. The maximum atomic E-state index is 12.9. The van der Waals surface area contributed by atoms with Gasteiger partial charge in [0.25, 0.3) is 5.91 Å². The predicted octanol–water partition coefficient (Wildman–Crippen LogP) is 6.00. The van der Waals surface area contributed by atoms with Gasteiger partial charge in [-0.25, -0.2) is 0 Å². The van der Waals surface area contributed by atoms with Crippen LogP contribution in [0.4, 0.5) is 0 Å². The number of rotatable bonds is 3. The van der Waals surface area contributed by atoms with Gasteiger partial charge in [0, 0.05) is 31.0 Å². The van der Waals surface area contributed by atoms with Crippen molar-refractivity contribution in [2.24, 2.45) is 0 Å². The van der Waals surface area contributed by atoms with Crippen molar-refractivity contribution < 1.29 is 19.1 Å². The lowest BCUT2D eigenvalue weighted by atomic mass is 9.82. The molecule has 0 aromatic heterocycles. The van der Waals surface area contributed by atoms with Gasteiger partial charge in [0.05, 0.1) is 17.0 Å². The third-order valence-electron chi connectivity index (χ3n) is 6.43. The molecule has 1 fully saturated rings. The Bertz CT molecular complexity index is 1100. The highest BCUT2D eigenvalue weighted by Gasteiger charge is 2.44. The van der Waals surface area contributed by atoms with Crippen LogP contribution >= 0.6 is 23.2 Å². The number of hydrogen-bond acceptors (Lipinski definition) is 4. The van der Waals surface area contributed by atoms with Crippen LogP contribution in [0.25, 0.3) is 0 Å². The number of nitrogens with zero attached hydrogens (tertiary/aromatic N) is 1. The summed E-state index contributed by atoms with van der Waals surface area (Å²) in [4.78, 5) is 27.4. The third-order valence-corrected chi connectivity index (χ3v) is 6.93. The topological polar surface area (TPSA) is 55.8 Å².